The maximum absolute atomic E-state index is 6.11. The van der Waals surface area contributed by atoms with Crippen LogP contribution < -0.4 is 5.32 Å². The summed E-state index contributed by atoms with van der Waals surface area (Å²) in [7, 11) is 0. The van der Waals surface area contributed by atoms with Gasteiger partial charge < -0.3 is 5.32 Å². The van der Waals surface area contributed by atoms with E-state index < -0.39 is 0 Å². The zero-order chi connectivity index (χ0) is 14.3. The maximum atomic E-state index is 6.11. The Labute approximate surface area is 128 Å². The molecule has 1 aliphatic rings. The molecule has 0 radical (unpaired) electrons. The smallest absolute Gasteiger partial charge is 0.133 e. The van der Waals surface area contributed by atoms with E-state index in [-0.39, 0.29) is 0 Å². The van der Waals surface area contributed by atoms with Crippen LogP contribution in [-0.4, -0.2) is 16.3 Å². The predicted molar refractivity (Wildman–Crippen MR) is 84.3 cm³/mol. The molecule has 3 nitrogen and oxygen atoms in total. The lowest BCUT2D eigenvalue weighted by atomic mass is 10.0. The molecule has 0 saturated heterocycles. The van der Waals surface area contributed by atoms with Crippen LogP contribution in [0.5, 0.6) is 0 Å². The summed E-state index contributed by atoms with van der Waals surface area (Å²) >= 11 is 12.1. The number of nitrogens with zero attached hydrogens (tertiary/aromatic N) is 2. The van der Waals surface area contributed by atoms with Gasteiger partial charge in [-0.2, -0.15) is 5.10 Å². The average Bonchev–Trinajstić information content (AvgIpc) is 2.96. The highest BCUT2D eigenvalue weighted by Crippen LogP contribution is 2.32. The second kappa shape index (κ2) is 5.30. The number of nitrogens with one attached hydrogen (secondary N) is 1. The normalized spacial score (nSPS) is 13.7. The lowest BCUT2D eigenvalue weighted by Crippen LogP contribution is -2.06. The van der Waals surface area contributed by atoms with Gasteiger partial charge in [-0.3, -0.25) is 0 Å². The second-order valence-electron chi connectivity index (χ2n) is 5.56. The van der Waals surface area contributed by atoms with Gasteiger partial charge in [0.05, 0.1) is 21.4 Å². The zero-order valence-electron chi connectivity index (χ0n) is 11.6. The molecule has 0 saturated carbocycles. The lowest BCUT2D eigenvalue weighted by Gasteiger charge is -2.07. The van der Waals surface area contributed by atoms with Crippen molar-refractivity contribution in [1.29, 1.82) is 0 Å². The molecule has 1 aromatic heterocycles. The largest absolute Gasteiger partial charge is 0.369 e. The van der Waals surface area contributed by atoms with Crippen molar-refractivity contribution in [2.45, 2.75) is 26.7 Å². The van der Waals surface area contributed by atoms with Crippen LogP contribution in [0.25, 0.3) is 5.69 Å². The fourth-order valence-electron chi connectivity index (χ4n) is 2.60. The van der Waals surface area contributed by atoms with Crippen molar-refractivity contribution >= 4 is 29.0 Å². The van der Waals surface area contributed by atoms with Crippen LogP contribution in [-0.2, 0) is 12.8 Å². The number of rotatable bonds is 3. The Hall–Kier alpha value is -1.19. The third-order valence-corrected chi connectivity index (χ3v) is 4.22. The number of aromatic nitrogens is 2. The summed E-state index contributed by atoms with van der Waals surface area (Å²) in [5.74, 6) is 1.69. The first-order valence-electron chi connectivity index (χ1n) is 6.86. The summed E-state index contributed by atoms with van der Waals surface area (Å²) in [5, 5.41) is 9.30. The minimum absolute atomic E-state index is 0.553. The van der Waals surface area contributed by atoms with E-state index in [1.54, 1.807) is 0 Å². The van der Waals surface area contributed by atoms with E-state index in [0.29, 0.717) is 16.0 Å². The molecule has 1 N–H and O–H groups in total. The maximum Gasteiger partial charge on any atom is 0.133 e. The molecule has 0 atom stereocenters. The van der Waals surface area contributed by atoms with Gasteiger partial charge in [-0.1, -0.05) is 37.0 Å². The molecule has 1 aliphatic heterocycles. The predicted octanol–water partition coefficient (Wildman–Crippen LogP) is 4.35. The Morgan fingerprint density at radius 3 is 2.80 bits per heavy atom. The van der Waals surface area contributed by atoms with Crippen LogP contribution in [0.2, 0.25) is 10.0 Å². The van der Waals surface area contributed by atoms with Gasteiger partial charge in [0.2, 0.25) is 0 Å². The molecule has 20 heavy (non-hydrogen) atoms. The van der Waals surface area contributed by atoms with Crippen LogP contribution >= 0.6 is 23.2 Å². The standard InChI is InChI=1S/C15H17Cl2N3/c1-9(2)7-14-11-5-6-18-15(11)20(19-14)10-3-4-12(16)13(17)8-10/h3-4,8-9,18H,5-7H2,1-2H3. The van der Waals surface area contributed by atoms with Gasteiger partial charge in [0.15, 0.2) is 0 Å². The molecule has 1 aromatic carbocycles. The average molecular weight is 310 g/mol. The first kappa shape index (κ1) is 13.8. The van der Waals surface area contributed by atoms with Crippen molar-refractivity contribution in [2.75, 3.05) is 11.9 Å². The fourth-order valence-corrected chi connectivity index (χ4v) is 2.89. The molecule has 0 fully saturated rings. The fraction of sp³-hybridized carbons (Fsp3) is 0.400. The van der Waals surface area contributed by atoms with E-state index in [4.69, 9.17) is 28.3 Å². The number of hydrogen-bond acceptors (Lipinski definition) is 2. The summed E-state index contributed by atoms with van der Waals surface area (Å²) in [5.41, 5.74) is 3.47. The van der Waals surface area contributed by atoms with E-state index in [9.17, 15) is 0 Å². The third kappa shape index (κ3) is 2.40. The molecule has 0 spiro atoms. The van der Waals surface area contributed by atoms with Gasteiger partial charge in [0, 0.05) is 12.1 Å². The van der Waals surface area contributed by atoms with Crippen molar-refractivity contribution in [3.05, 3.63) is 39.5 Å². The molecule has 0 aliphatic carbocycles. The summed E-state index contributed by atoms with van der Waals surface area (Å²) in [6.45, 7) is 5.40. The number of halogens is 2. The van der Waals surface area contributed by atoms with Crippen LogP contribution in [0.1, 0.15) is 25.1 Å². The quantitative estimate of drug-likeness (QED) is 0.913. The Morgan fingerprint density at radius 2 is 2.10 bits per heavy atom. The first-order chi connectivity index (χ1) is 9.56. The first-order valence-corrected chi connectivity index (χ1v) is 7.62. The summed E-state index contributed by atoms with van der Waals surface area (Å²) in [6.07, 6.45) is 2.04. The van der Waals surface area contributed by atoms with Gasteiger partial charge in [-0.05, 0) is 37.0 Å². The van der Waals surface area contributed by atoms with Gasteiger partial charge in [0.25, 0.3) is 0 Å². The molecule has 0 bridgehead atoms. The number of benzene rings is 1. The van der Waals surface area contributed by atoms with Crippen molar-refractivity contribution in [3.63, 3.8) is 0 Å². The summed E-state index contributed by atoms with van der Waals surface area (Å²) in [6, 6.07) is 5.61. The van der Waals surface area contributed by atoms with E-state index in [1.165, 1.54) is 11.3 Å². The molecule has 2 aromatic rings. The van der Waals surface area contributed by atoms with Crippen molar-refractivity contribution in [1.82, 2.24) is 9.78 Å². The summed E-state index contributed by atoms with van der Waals surface area (Å²) < 4.78 is 1.95. The Kier molecular flexibility index (Phi) is 3.65. The molecular weight excluding hydrogens is 293 g/mol. The third-order valence-electron chi connectivity index (χ3n) is 3.48. The number of anilines is 1. The molecule has 0 amide bonds. The van der Waals surface area contributed by atoms with Gasteiger partial charge in [-0.25, -0.2) is 4.68 Å². The molecule has 106 valence electrons. The molecular formula is C15H17Cl2N3. The van der Waals surface area contributed by atoms with E-state index in [2.05, 4.69) is 19.2 Å². The Morgan fingerprint density at radius 1 is 1.30 bits per heavy atom. The zero-order valence-corrected chi connectivity index (χ0v) is 13.1. The van der Waals surface area contributed by atoms with E-state index in [0.717, 1.165) is 30.9 Å². The van der Waals surface area contributed by atoms with E-state index >= 15 is 0 Å². The molecule has 5 heteroatoms. The number of hydrogen-bond donors (Lipinski definition) is 1. The van der Waals surface area contributed by atoms with Gasteiger partial charge in [-0.15, -0.1) is 0 Å². The van der Waals surface area contributed by atoms with Crippen molar-refractivity contribution < 1.29 is 0 Å². The van der Waals surface area contributed by atoms with Gasteiger partial charge >= 0.3 is 0 Å². The van der Waals surface area contributed by atoms with Crippen LogP contribution in [0, 0.1) is 5.92 Å². The van der Waals surface area contributed by atoms with Crippen molar-refractivity contribution in [2.24, 2.45) is 5.92 Å². The minimum atomic E-state index is 0.553. The minimum Gasteiger partial charge on any atom is -0.369 e. The summed E-state index contributed by atoms with van der Waals surface area (Å²) in [4.78, 5) is 0. The molecule has 2 heterocycles. The molecule has 0 unspecified atom stereocenters. The highest BCUT2D eigenvalue weighted by Gasteiger charge is 2.23. The van der Waals surface area contributed by atoms with Crippen LogP contribution in [0.15, 0.2) is 18.2 Å². The lowest BCUT2D eigenvalue weighted by molar-refractivity contribution is 0.624. The Balaban J connectivity index is 2.07. The SMILES string of the molecule is CC(C)Cc1nn(-c2ccc(Cl)c(Cl)c2)c2c1CCN2. The highest BCUT2D eigenvalue weighted by molar-refractivity contribution is 6.42. The highest BCUT2D eigenvalue weighted by atomic mass is 35.5. The number of fused-ring (bicyclic) bond motifs is 1. The van der Waals surface area contributed by atoms with Gasteiger partial charge in [0.1, 0.15) is 5.82 Å². The van der Waals surface area contributed by atoms with Crippen molar-refractivity contribution in [3.8, 4) is 5.69 Å². The van der Waals surface area contributed by atoms with Crippen LogP contribution in [0.3, 0.4) is 0 Å². The van der Waals surface area contributed by atoms with Crippen LogP contribution in [0.4, 0.5) is 5.82 Å². The Bertz CT molecular complexity index is 647. The van der Waals surface area contributed by atoms with E-state index in [1.807, 2.05) is 22.9 Å². The second-order valence-corrected chi connectivity index (χ2v) is 6.37. The monoisotopic (exact) mass is 309 g/mol. The molecule has 3 rings (SSSR count). The topological polar surface area (TPSA) is 29.9 Å².